The summed E-state index contributed by atoms with van der Waals surface area (Å²) in [6.07, 6.45) is 3.93. The first-order valence-electron chi connectivity index (χ1n) is 5.03. The Labute approximate surface area is 218 Å². The van der Waals surface area contributed by atoms with Gasteiger partial charge in [-0.25, -0.2) is 0 Å². The Kier molecular flexibility index (Phi) is 82.9. The van der Waals surface area contributed by atoms with Gasteiger partial charge in [-0.15, -0.1) is 0 Å². The van der Waals surface area contributed by atoms with E-state index in [0.717, 1.165) is 32.7 Å². The molecule has 84 valence electrons. The van der Waals surface area contributed by atoms with Crippen LogP contribution in [-0.4, -0.2) is 181 Å². The fourth-order valence-electron chi connectivity index (χ4n) is 1.03. The maximum atomic E-state index is 5.33. The molecule has 17 heavy (non-hydrogen) atoms. The molecule has 0 saturated carbocycles. The van der Waals surface area contributed by atoms with Gasteiger partial charge in [-0.1, -0.05) is 19.8 Å². The van der Waals surface area contributed by atoms with Crippen molar-refractivity contribution in [2.45, 2.75) is 26.2 Å². The van der Waals surface area contributed by atoms with Crippen LogP contribution >= 0.6 is 0 Å². The van der Waals surface area contributed by atoms with E-state index in [2.05, 4.69) is 17.6 Å². The van der Waals surface area contributed by atoms with Crippen molar-refractivity contribution in [2.75, 3.05) is 32.7 Å². The standard InChI is InChI=1S/C9H23N3.5Na.5H/c1-2-3-4-6-11-8-9-12-7-5-10;;;;;;;;;;/h11-12H,2-10H2,1H3;;;;;;;;;;. The number of hydrogen-bond donors (Lipinski definition) is 3. The SMILES string of the molecule is CCCCCNCCNCCN.[NaH].[NaH].[NaH].[NaH].[NaH]. The molecule has 0 unspecified atom stereocenters. The van der Waals surface area contributed by atoms with Crippen molar-refractivity contribution >= 4 is 148 Å². The van der Waals surface area contributed by atoms with Crippen LogP contribution < -0.4 is 16.4 Å². The van der Waals surface area contributed by atoms with E-state index in [1.165, 1.54) is 19.3 Å². The molecule has 0 atom stereocenters. The Morgan fingerprint density at radius 2 is 1.18 bits per heavy atom. The van der Waals surface area contributed by atoms with Crippen molar-refractivity contribution in [1.82, 2.24) is 10.6 Å². The van der Waals surface area contributed by atoms with Gasteiger partial charge in [0.2, 0.25) is 0 Å². The Morgan fingerprint density at radius 1 is 0.706 bits per heavy atom. The summed E-state index contributed by atoms with van der Waals surface area (Å²) in [4.78, 5) is 0. The average molecular weight is 293 g/mol. The summed E-state index contributed by atoms with van der Waals surface area (Å²) in [5.41, 5.74) is 5.33. The molecule has 0 aromatic rings. The third kappa shape index (κ3) is 38.6. The molecule has 0 aliphatic heterocycles. The first-order valence-corrected chi connectivity index (χ1v) is 5.03. The van der Waals surface area contributed by atoms with Crippen LogP contribution in [0.3, 0.4) is 0 Å². The van der Waals surface area contributed by atoms with Crippen LogP contribution in [0.4, 0.5) is 0 Å². The van der Waals surface area contributed by atoms with Crippen LogP contribution in [0.5, 0.6) is 0 Å². The maximum absolute atomic E-state index is 5.33. The first kappa shape index (κ1) is 37.8. The average Bonchev–Trinajstić information content (AvgIpc) is 2.10. The van der Waals surface area contributed by atoms with Crippen molar-refractivity contribution in [3.63, 3.8) is 0 Å². The van der Waals surface area contributed by atoms with E-state index in [0.29, 0.717) is 0 Å². The second kappa shape index (κ2) is 37.3. The van der Waals surface area contributed by atoms with E-state index in [-0.39, 0.29) is 148 Å². The van der Waals surface area contributed by atoms with Crippen molar-refractivity contribution in [3.8, 4) is 0 Å². The summed E-state index contributed by atoms with van der Waals surface area (Å²) in [6.45, 7) is 7.13. The van der Waals surface area contributed by atoms with Gasteiger partial charge in [0.15, 0.2) is 0 Å². The number of rotatable bonds is 9. The zero-order valence-corrected chi connectivity index (χ0v) is 8.23. The number of nitrogens with one attached hydrogen (secondary N) is 2. The molecule has 0 amide bonds. The molecule has 0 aromatic heterocycles. The predicted octanol–water partition coefficient (Wildman–Crippen LogP) is -2.93. The van der Waals surface area contributed by atoms with Gasteiger partial charge in [0.25, 0.3) is 0 Å². The minimum absolute atomic E-state index is 0. The van der Waals surface area contributed by atoms with E-state index < -0.39 is 0 Å². The van der Waals surface area contributed by atoms with Gasteiger partial charge in [-0.2, -0.15) is 0 Å². The zero-order chi connectivity index (χ0) is 9.07. The van der Waals surface area contributed by atoms with Gasteiger partial charge >= 0.3 is 148 Å². The van der Waals surface area contributed by atoms with Crippen LogP contribution in [0.1, 0.15) is 26.2 Å². The van der Waals surface area contributed by atoms with Crippen LogP contribution in [0.2, 0.25) is 0 Å². The molecule has 4 N–H and O–H groups in total. The Morgan fingerprint density at radius 3 is 1.59 bits per heavy atom. The Hall–Kier alpha value is 4.88. The summed E-state index contributed by atoms with van der Waals surface area (Å²) in [6, 6.07) is 0. The van der Waals surface area contributed by atoms with Crippen molar-refractivity contribution in [3.05, 3.63) is 0 Å². The first-order chi connectivity index (χ1) is 5.91. The van der Waals surface area contributed by atoms with Crippen LogP contribution in [-0.2, 0) is 0 Å². The van der Waals surface area contributed by atoms with E-state index in [1.54, 1.807) is 0 Å². The van der Waals surface area contributed by atoms with Crippen LogP contribution in [0.25, 0.3) is 0 Å². The summed E-state index contributed by atoms with van der Waals surface area (Å²) in [5, 5.41) is 6.61. The van der Waals surface area contributed by atoms with E-state index in [1.807, 2.05) is 0 Å². The second-order valence-corrected chi connectivity index (χ2v) is 3.00. The van der Waals surface area contributed by atoms with Gasteiger partial charge in [-0.05, 0) is 13.0 Å². The van der Waals surface area contributed by atoms with Gasteiger partial charge in [0.05, 0.1) is 0 Å². The number of unbranched alkanes of at least 4 members (excludes halogenated alkanes) is 2. The second-order valence-electron chi connectivity index (χ2n) is 3.00. The van der Waals surface area contributed by atoms with Gasteiger partial charge in [-0.3, -0.25) is 0 Å². The van der Waals surface area contributed by atoms with Gasteiger partial charge in [0, 0.05) is 26.2 Å². The predicted molar refractivity (Wildman–Crippen MR) is 90.1 cm³/mol. The van der Waals surface area contributed by atoms with Crippen molar-refractivity contribution in [2.24, 2.45) is 5.73 Å². The molecule has 0 aromatic carbocycles. The molecule has 0 spiro atoms. The van der Waals surface area contributed by atoms with Crippen LogP contribution in [0, 0.1) is 0 Å². The fourth-order valence-corrected chi connectivity index (χ4v) is 1.03. The zero-order valence-electron chi connectivity index (χ0n) is 8.23. The monoisotopic (exact) mass is 293 g/mol. The van der Waals surface area contributed by atoms with Gasteiger partial charge < -0.3 is 16.4 Å². The van der Waals surface area contributed by atoms with Crippen LogP contribution in [0.15, 0.2) is 0 Å². The van der Waals surface area contributed by atoms with E-state index in [4.69, 9.17) is 5.73 Å². The number of hydrogen-bond acceptors (Lipinski definition) is 3. The molecule has 0 radical (unpaired) electrons. The normalized spacial score (nSPS) is 7.41. The number of nitrogens with two attached hydrogens (primary N) is 1. The topological polar surface area (TPSA) is 50.1 Å². The van der Waals surface area contributed by atoms with Crippen molar-refractivity contribution < 1.29 is 0 Å². The quantitative estimate of drug-likeness (QED) is 0.315. The molecule has 0 bridgehead atoms. The van der Waals surface area contributed by atoms with E-state index in [9.17, 15) is 0 Å². The summed E-state index contributed by atoms with van der Waals surface area (Å²) in [7, 11) is 0. The molecule has 0 rings (SSSR count). The van der Waals surface area contributed by atoms with Gasteiger partial charge in [0.1, 0.15) is 0 Å². The third-order valence-corrected chi connectivity index (χ3v) is 1.76. The molecule has 0 fully saturated rings. The van der Waals surface area contributed by atoms with Crippen molar-refractivity contribution in [1.29, 1.82) is 0 Å². The molecule has 8 heteroatoms. The Balaban J connectivity index is -0.0000000605. The molecule has 0 aliphatic rings. The summed E-state index contributed by atoms with van der Waals surface area (Å²) in [5.74, 6) is 0. The molecule has 0 aliphatic carbocycles. The summed E-state index contributed by atoms with van der Waals surface area (Å²) >= 11 is 0. The molecular weight excluding hydrogens is 265 g/mol. The minimum atomic E-state index is 0. The molecule has 0 heterocycles. The fraction of sp³-hybridized carbons (Fsp3) is 1.00. The molecule has 0 saturated heterocycles. The van der Waals surface area contributed by atoms with E-state index >= 15 is 0 Å². The summed E-state index contributed by atoms with van der Waals surface area (Å²) < 4.78 is 0. The third-order valence-electron chi connectivity index (χ3n) is 1.76. The molecule has 3 nitrogen and oxygen atoms in total. The Bertz CT molecular complexity index is 81.0. The molecular formula is C9H28N3Na5.